The molecule has 1 aromatic rings. The van der Waals surface area contributed by atoms with Crippen molar-refractivity contribution in [2.45, 2.75) is 30.0 Å². The molecule has 1 N–H and O–H groups in total. The minimum atomic E-state index is -3.52. The molecule has 0 bridgehead atoms. The molecule has 1 aliphatic rings. The number of sulfonamides is 1. The maximum Gasteiger partial charge on any atom is 0.252 e. The quantitative estimate of drug-likeness (QED) is 0.816. The van der Waals surface area contributed by atoms with Crippen molar-refractivity contribution in [1.29, 1.82) is 0 Å². The van der Waals surface area contributed by atoms with Gasteiger partial charge in [0.25, 0.3) is 10.0 Å². The smallest absolute Gasteiger partial charge is 0.252 e. The molecule has 1 fully saturated rings. The summed E-state index contributed by atoms with van der Waals surface area (Å²) < 4.78 is 33.0. The van der Waals surface area contributed by atoms with Crippen molar-refractivity contribution in [2.75, 3.05) is 33.4 Å². The molecule has 0 spiro atoms. The van der Waals surface area contributed by atoms with E-state index in [4.69, 9.17) is 16.3 Å². The lowest BCUT2D eigenvalue weighted by molar-refractivity contribution is 0.176. The van der Waals surface area contributed by atoms with E-state index in [0.29, 0.717) is 28.2 Å². The van der Waals surface area contributed by atoms with Gasteiger partial charge in [-0.3, -0.25) is 0 Å². The van der Waals surface area contributed by atoms with Gasteiger partial charge in [0.05, 0.1) is 10.9 Å². The van der Waals surface area contributed by atoms with E-state index in [9.17, 15) is 8.42 Å². The van der Waals surface area contributed by atoms with Crippen molar-refractivity contribution >= 4 is 33.0 Å². The molecule has 1 unspecified atom stereocenters. The van der Waals surface area contributed by atoms with Crippen LogP contribution in [-0.4, -0.2) is 52.1 Å². The highest BCUT2D eigenvalue weighted by atomic mass is 35.5. The molecule has 0 aromatic carbocycles. The van der Waals surface area contributed by atoms with E-state index in [1.54, 1.807) is 13.2 Å². The maximum atomic E-state index is 12.8. The van der Waals surface area contributed by atoms with E-state index < -0.39 is 10.0 Å². The van der Waals surface area contributed by atoms with Crippen LogP contribution < -0.4 is 5.32 Å². The number of aryl methyl sites for hydroxylation is 1. The summed E-state index contributed by atoms with van der Waals surface area (Å²) in [5, 5.41) is 3.33. The number of halogens is 1. The molecule has 1 saturated heterocycles. The maximum absolute atomic E-state index is 12.8. The third-order valence-corrected chi connectivity index (χ3v) is 7.43. The van der Waals surface area contributed by atoms with Crippen LogP contribution in [0.15, 0.2) is 10.3 Å². The Labute approximate surface area is 135 Å². The summed E-state index contributed by atoms with van der Waals surface area (Å²) in [6.45, 7) is 3.97. The first-order chi connectivity index (χ1) is 9.95. The van der Waals surface area contributed by atoms with E-state index in [-0.39, 0.29) is 6.04 Å². The Morgan fingerprint density at radius 3 is 2.86 bits per heavy atom. The Kier molecular flexibility index (Phi) is 6.05. The number of nitrogens with one attached hydrogen (secondary N) is 1. The zero-order chi connectivity index (χ0) is 15.5. The first kappa shape index (κ1) is 17.2. The third-order valence-electron chi connectivity index (χ3n) is 3.56. The second-order valence-electron chi connectivity index (χ2n) is 5.17. The van der Waals surface area contributed by atoms with Crippen LogP contribution in [0.25, 0.3) is 0 Å². The van der Waals surface area contributed by atoms with Crippen LogP contribution in [0.1, 0.15) is 18.4 Å². The number of rotatable bonds is 7. The zero-order valence-corrected chi connectivity index (χ0v) is 14.7. The van der Waals surface area contributed by atoms with Gasteiger partial charge >= 0.3 is 0 Å². The highest BCUT2D eigenvalue weighted by Gasteiger charge is 2.29. The zero-order valence-electron chi connectivity index (χ0n) is 12.3. The summed E-state index contributed by atoms with van der Waals surface area (Å²) in [4.78, 5) is 0. The molecular formula is C13H21ClN2O3S2. The minimum Gasteiger partial charge on any atom is -0.383 e. The Hall–Kier alpha value is -0.180. The topological polar surface area (TPSA) is 58.6 Å². The van der Waals surface area contributed by atoms with Gasteiger partial charge in [0.1, 0.15) is 4.21 Å². The molecule has 2 heterocycles. The lowest BCUT2D eigenvalue weighted by Crippen LogP contribution is -2.42. The fraction of sp³-hybridized carbons (Fsp3) is 0.692. The SMILES string of the molecule is COCCN(CC1CCCN1)S(=O)(=O)c1cc(C)c(Cl)s1. The van der Waals surface area contributed by atoms with Gasteiger partial charge < -0.3 is 10.1 Å². The largest absolute Gasteiger partial charge is 0.383 e. The van der Waals surface area contributed by atoms with E-state index in [0.717, 1.165) is 36.3 Å². The van der Waals surface area contributed by atoms with Gasteiger partial charge in [-0.25, -0.2) is 8.42 Å². The lowest BCUT2D eigenvalue weighted by Gasteiger charge is -2.24. The Morgan fingerprint density at radius 2 is 2.33 bits per heavy atom. The van der Waals surface area contributed by atoms with Crippen LogP contribution in [0.2, 0.25) is 4.34 Å². The monoisotopic (exact) mass is 352 g/mol. The molecule has 2 rings (SSSR count). The fourth-order valence-corrected chi connectivity index (χ4v) is 5.68. The van der Waals surface area contributed by atoms with Crippen LogP contribution in [0.5, 0.6) is 0 Å². The average molecular weight is 353 g/mol. The molecule has 5 nitrogen and oxygen atoms in total. The van der Waals surface area contributed by atoms with Gasteiger partial charge in [0.2, 0.25) is 0 Å². The molecule has 0 saturated carbocycles. The molecule has 21 heavy (non-hydrogen) atoms. The summed E-state index contributed by atoms with van der Waals surface area (Å²) in [7, 11) is -1.94. The predicted octanol–water partition coefficient (Wildman–Crippen LogP) is 2.10. The number of nitrogens with zero attached hydrogens (tertiary/aromatic N) is 1. The molecular weight excluding hydrogens is 332 g/mol. The van der Waals surface area contributed by atoms with Crippen LogP contribution in [-0.2, 0) is 14.8 Å². The van der Waals surface area contributed by atoms with Crippen molar-refractivity contribution < 1.29 is 13.2 Å². The van der Waals surface area contributed by atoms with Gasteiger partial charge in [-0.15, -0.1) is 11.3 Å². The minimum absolute atomic E-state index is 0.216. The first-order valence-electron chi connectivity index (χ1n) is 6.93. The second-order valence-corrected chi connectivity index (χ2v) is 8.99. The summed E-state index contributed by atoms with van der Waals surface area (Å²) in [5.41, 5.74) is 0.797. The molecule has 1 atom stereocenters. The molecule has 1 aromatic heterocycles. The molecule has 0 aliphatic carbocycles. The van der Waals surface area contributed by atoms with Crippen LogP contribution in [0.3, 0.4) is 0 Å². The molecule has 1 aliphatic heterocycles. The highest BCUT2D eigenvalue weighted by molar-refractivity contribution is 7.91. The number of thiophene rings is 1. The van der Waals surface area contributed by atoms with E-state index in [2.05, 4.69) is 5.32 Å². The Bertz CT molecular complexity index is 548. The van der Waals surface area contributed by atoms with Crippen LogP contribution >= 0.6 is 22.9 Å². The van der Waals surface area contributed by atoms with Crippen molar-refractivity contribution in [3.63, 3.8) is 0 Å². The van der Waals surface area contributed by atoms with Crippen LogP contribution in [0.4, 0.5) is 0 Å². The number of methoxy groups -OCH3 is 1. The number of hydrogen-bond acceptors (Lipinski definition) is 5. The third kappa shape index (κ3) is 4.18. The summed E-state index contributed by atoms with van der Waals surface area (Å²) in [6, 6.07) is 1.86. The van der Waals surface area contributed by atoms with Gasteiger partial charge in [-0.2, -0.15) is 4.31 Å². The normalized spacial score (nSPS) is 19.5. The highest BCUT2D eigenvalue weighted by Crippen LogP contribution is 2.32. The van der Waals surface area contributed by atoms with Gasteiger partial charge in [-0.1, -0.05) is 11.6 Å². The Balaban J connectivity index is 2.20. The van der Waals surface area contributed by atoms with Gasteiger partial charge in [0.15, 0.2) is 0 Å². The van der Waals surface area contributed by atoms with Gasteiger partial charge in [-0.05, 0) is 37.9 Å². The summed E-state index contributed by atoms with van der Waals surface area (Å²) in [5.74, 6) is 0. The van der Waals surface area contributed by atoms with Crippen molar-refractivity contribution in [3.8, 4) is 0 Å². The lowest BCUT2D eigenvalue weighted by atomic mass is 10.2. The van der Waals surface area contributed by atoms with E-state index in [1.807, 2.05) is 6.92 Å². The van der Waals surface area contributed by atoms with Crippen LogP contribution in [0, 0.1) is 6.92 Å². The van der Waals surface area contributed by atoms with E-state index >= 15 is 0 Å². The molecule has 0 amide bonds. The molecule has 120 valence electrons. The van der Waals surface area contributed by atoms with E-state index in [1.165, 1.54) is 4.31 Å². The Morgan fingerprint density at radius 1 is 1.57 bits per heavy atom. The average Bonchev–Trinajstić information content (AvgIpc) is 3.05. The van der Waals surface area contributed by atoms with Crippen molar-refractivity contribution in [3.05, 3.63) is 16.0 Å². The van der Waals surface area contributed by atoms with Gasteiger partial charge in [0, 0.05) is 26.2 Å². The summed E-state index contributed by atoms with van der Waals surface area (Å²) >= 11 is 7.13. The summed E-state index contributed by atoms with van der Waals surface area (Å²) in [6.07, 6.45) is 2.09. The predicted molar refractivity (Wildman–Crippen MR) is 85.7 cm³/mol. The number of hydrogen-bond donors (Lipinski definition) is 1. The first-order valence-corrected chi connectivity index (χ1v) is 9.57. The van der Waals surface area contributed by atoms with Crippen molar-refractivity contribution in [2.24, 2.45) is 0 Å². The number of ether oxygens (including phenoxy) is 1. The molecule has 8 heteroatoms. The standard InChI is InChI=1S/C13H21ClN2O3S2/c1-10-8-12(20-13(10)14)21(17,18)16(6-7-19-2)9-11-4-3-5-15-11/h8,11,15H,3-7,9H2,1-2H3. The molecule has 0 radical (unpaired) electrons. The second kappa shape index (κ2) is 7.39. The van der Waals surface area contributed by atoms with Crippen molar-refractivity contribution in [1.82, 2.24) is 9.62 Å². The fourth-order valence-electron chi connectivity index (χ4n) is 2.35.